The second-order valence-corrected chi connectivity index (χ2v) is 5.69. The highest BCUT2D eigenvalue weighted by molar-refractivity contribution is 5.78. The van der Waals surface area contributed by atoms with Gasteiger partial charge in [0, 0.05) is 25.1 Å². The number of amides is 1. The van der Waals surface area contributed by atoms with Gasteiger partial charge in [0.25, 0.3) is 0 Å². The van der Waals surface area contributed by atoms with E-state index in [1.165, 1.54) is 5.56 Å². The summed E-state index contributed by atoms with van der Waals surface area (Å²) in [6.07, 6.45) is 5.93. The maximum atomic E-state index is 12.2. The minimum absolute atomic E-state index is 0.131. The van der Waals surface area contributed by atoms with Gasteiger partial charge in [-0.1, -0.05) is 0 Å². The van der Waals surface area contributed by atoms with Crippen LogP contribution in [0.5, 0.6) is 0 Å². The molecular weight excluding hydrogens is 254 g/mol. The predicted molar refractivity (Wildman–Crippen MR) is 76.5 cm³/mol. The molecule has 1 fully saturated rings. The molecule has 2 heterocycles. The van der Waals surface area contributed by atoms with E-state index in [1.807, 2.05) is 6.07 Å². The van der Waals surface area contributed by atoms with Gasteiger partial charge < -0.3 is 15.1 Å². The maximum absolute atomic E-state index is 12.2. The Hall–Kier alpha value is -1.33. The molecule has 5 nitrogen and oxygen atoms in total. The van der Waals surface area contributed by atoms with E-state index >= 15 is 0 Å². The van der Waals surface area contributed by atoms with E-state index in [0.717, 1.165) is 57.6 Å². The molecular formula is C15H23N3O2. The van der Waals surface area contributed by atoms with Gasteiger partial charge in [-0.3, -0.25) is 9.69 Å². The van der Waals surface area contributed by atoms with Crippen LogP contribution in [0.3, 0.4) is 0 Å². The Morgan fingerprint density at radius 3 is 3.30 bits per heavy atom. The fourth-order valence-corrected chi connectivity index (χ4v) is 3.14. The topological polar surface area (TPSA) is 57.5 Å². The number of carbonyl (C=O) groups is 1. The van der Waals surface area contributed by atoms with E-state index in [9.17, 15) is 4.79 Å². The van der Waals surface area contributed by atoms with Crippen molar-refractivity contribution in [1.82, 2.24) is 15.5 Å². The average molecular weight is 277 g/mol. The van der Waals surface area contributed by atoms with Gasteiger partial charge in [-0.2, -0.15) is 0 Å². The highest BCUT2D eigenvalue weighted by Gasteiger charge is 2.24. The number of hydrogen-bond acceptors (Lipinski definition) is 4. The molecule has 2 aliphatic rings. The van der Waals surface area contributed by atoms with E-state index in [0.29, 0.717) is 6.54 Å². The molecule has 2 N–H and O–H groups in total. The molecule has 1 saturated heterocycles. The molecule has 0 aromatic carbocycles. The molecule has 1 atom stereocenters. The number of furan rings is 1. The smallest absolute Gasteiger partial charge is 0.234 e. The fraction of sp³-hybridized carbons (Fsp3) is 0.667. The van der Waals surface area contributed by atoms with Crippen molar-refractivity contribution < 1.29 is 9.21 Å². The molecule has 1 unspecified atom stereocenters. The van der Waals surface area contributed by atoms with Crippen molar-refractivity contribution in [3.05, 3.63) is 23.7 Å². The SMILES string of the molecule is O=C(CN1CCCNCC1)NC1CCCc2occc21. The third kappa shape index (κ3) is 3.22. The number of fused-ring (bicyclic) bond motifs is 1. The lowest BCUT2D eigenvalue weighted by Gasteiger charge is -2.25. The van der Waals surface area contributed by atoms with E-state index < -0.39 is 0 Å². The first kappa shape index (κ1) is 13.6. The molecule has 5 heteroatoms. The van der Waals surface area contributed by atoms with Crippen LogP contribution in [-0.2, 0) is 11.2 Å². The Morgan fingerprint density at radius 1 is 1.40 bits per heavy atom. The van der Waals surface area contributed by atoms with Crippen molar-refractivity contribution >= 4 is 5.91 Å². The number of rotatable bonds is 3. The third-order valence-corrected chi connectivity index (χ3v) is 4.19. The molecule has 3 rings (SSSR count). The normalized spacial score (nSPS) is 23.9. The lowest BCUT2D eigenvalue weighted by atomic mass is 9.93. The van der Waals surface area contributed by atoms with E-state index in [4.69, 9.17) is 4.42 Å². The molecule has 0 saturated carbocycles. The Labute approximate surface area is 119 Å². The van der Waals surface area contributed by atoms with Crippen LogP contribution in [0.4, 0.5) is 0 Å². The Balaban J connectivity index is 1.54. The van der Waals surface area contributed by atoms with Crippen LogP contribution < -0.4 is 10.6 Å². The minimum Gasteiger partial charge on any atom is -0.469 e. The van der Waals surface area contributed by atoms with Crippen LogP contribution in [0.25, 0.3) is 0 Å². The lowest BCUT2D eigenvalue weighted by molar-refractivity contribution is -0.123. The number of nitrogens with one attached hydrogen (secondary N) is 2. The molecule has 1 aromatic rings. The molecule has 1 aliphatic heterocycles. The van der Waals surface area contributed by atoms with Crippen molar-refractivity contribution in [1.29, 1.82) is 0 Å². The highest BCUT2D eigenvalue weighted by atomic mass is 16.3. The van der Waals surface area contributed by atoms with Gasteiger partial charge in [0.1, 0.15) is 5.76 Å². The van der Waals surface area contributed by atoms with Crippen LogP contribution in [0.15, 0.2) is 16.7 Å². The molecule has 0 radical (unpaired) electrons. The quantitative estimate of drug-likeness (QED) is 0.867. The molecule has 0 bridgehead atoms. The summed E-state index contributed by atoms with van der Waals surface area (Å²) in [5, 5.41) is 6.52. The molecule has 20 heavy (non-hydrogen) atoms. The highest BCUT2D eigenvalue weighted by Crippen LogP contribution is 2.30. The minimum atomic E-state index is 0.131. The lowest BCUT2D eigenvalue weighted by Crippen LogP contribution is -2.40. The summed E-state index contributed by atoms with van der Waals surface area (Å²) in [4.78, 5) is 14.5. The summed E-state index contributed by atoms with van der Waals surface area (Å²) >= 11 is 0. The zero-order chi connectivity index (χ0) is 13.8. The monoisotopic (exact) mass is 277 g/mol. The first-order chi connectivity index (χ1) is 9.83. The van der Waals surface area contributed by atoms with E-state index in [2.05, 4.69) is 15.5 Å². The molecule has 1 aliphatic carbocycles. The van der Waals surface area contributed by atoms with Gasteiger partial charge in [0.2, 0.25) is 5.91 Å². The summed E-state index contributed by atoms with van der Waals surface area (Å²) in [5.41, 5.74) is 1.17. The van der Waals surface area contributed by atoms with Crippen molar-refractivity contribution in [2.24, 2.45) is 0 Å². The standard InChI is InChI=1S/C15H23N3O2/c19-15(11-18-8-2-6-16-7-9-18)17-13-3-1-4-14-12(13)5-10-20-14/h5,10,13,16H,1-4,6-9,11H2,(H,17,19). The van der Waals surface area contributed by atoms with Crippen LogP contribution >= 0.6 is 0 Å². The van der Waals surface area contributed by atoms with Gasteiger partial charge in [0.15, 0.2) is 0 Å². The fourth-order valence-electron chi connectivity index (χ4n) is 3.14. The average Bonchev–Trinajstić information content (AvgIpc) is 2.78. The number of nitrogens with zero attached hydrogens (tertiary/aromatic N) is 1. The second-order valence-electron chi connectivity index (χ2n) is 5.69. The number of aryl methyl sites for hydroxylation is 1. The van der Waals surface area contributed by atoms with Crippen molar-refractivity contribution in [3.63, 3.8) is 0 Å². The van der Waals surface area contributed by atoms with Gasteiger partial charge in [-0.15, -0.1) is 0 Å². The van der Waals surface area contributed by atoms with Crippen LogP contribution in [-0.4, -0.2) is 43.5 Å². The van der Waals surface area contributed by atoms with Crippen molar-refractivity contribution in [3.8, 4) is 0 Å². The van der Waals surface area contributed by atoms with Gasteiger partial charge in [-0.05, 0) is 38.4 Å². The zero-order valence-corrected chi connectivity index (χ0v) is 11.9. The summed E-state index contributed by atoms with van der Waals surface area (Å²) in [6.45, 7) is 4.49. The number of hydrogen-bond donors (Lipinski definition) is 2. The van der Waals surface area contributed by atoms with Crippen molar-refractivity contribution in [2.75, 3.05) is 32.7 Å². The largest absolute Gasteiger partial charge is 0.469 e. The Kier molecular flexibility index (Phi) is 4.38. The van der Waals surface area contributed by atoms with Crippen LogP contribution in [0.1, 0.15) is 36.6 Å². The maximum Gasteiger partial charge on any atom is 0.234 e. The number of carbonyl (C=O) groups excluding carboxylic acids is 1. The molecule has 1 amide bonds. The summed E-state index contributed by atoms with van der Waals surface area (Å²) in [6, 6.07) is 2.13. The Morgan fingerprint density at radius 2 is 2.35 bits per heavy atom. The van der Waals surface area contributed by atoms with Gasteiger partial charge in [0.05, 0.1) is 18.8 Å². The zero-order valence-electron chi connectivity index (χ0n) is 11.9. The van der Waals surface area contributed by atoms with Crippen LogP contribution in [0.2, 0.25) is 0 Å². The van der Waals surface area contributed by atoms with Gasteiger partial charge in [-0.25, -0.2) is 0 Å². The van der Waals surface area contributed by atoms with Gasteiger partial charge >= 0.3 is 0 Å². The predicted octanol–water partition coefficient (Wildman–Crippen LogP) is 1.07. The van der Waals surface area contributed by atoms with Crippen molar-refractivity contribution in [2.45, 2.75) is 31.7 Å². The molecule has 110 valence electrons. The van der Waals surface area contributed by atoms with E-state index in [1.54, 1.807) is 6.26 Å². The second kappa shape index (κ2) is 6.41. The van der Waals surface area contributed by atoms with E-state index in [-0.39, 0.29) is 11.9 Å². The summed E-state index contributed by atoms with van der Waals surface area (Å²) < 4.78 is 5.46. The first-order valence-electron chi connectivity index (χ1n) is 7.61. The Bertz CT molecular complexity index is 450. The molecule has 1 aromatic heterocycles. The first-order valence-corrected chi connectivity index (χ1v) is 7.61. The van der Waals surface area contributed by atoms with Crippen LogP contribution in [0, 0.1) is 0 Å². The molecule has 0 spiro atoms. The summed E-state index contributed by atoms with van der Waals surface area (Å²) in [5.74, 6) is 1.17. The summed E-state index contributed by atoms with van der Waals surface area (Å²) in [7, 11) is 0. The third-order valence-electron chi connectivity index (χ3n) is 4.19.